The summed E-state index contributed by atoms with van der Waals surface area (Å²) in [5, 5.41) is 7.63. The van der Waals surface area contributed by atoms with Gasteiger partial charge in [0.15, 0.2) is 0 Å². The first-order chi connectivity index (χ1) is 24.1. The maximum Gasteiger partial charge on any atom is -0.00140 e. The molecule has 0 N–H and O–H groups in total. The molecule has 0 heterocycles. The second-order valence-corrected chi connectivity index (χ2v) is 15.7. The van der Waals surface area contributed by atoms with Crippen molar-refractivity contribution < 1.29 is 0 Å². The molecule has 0 aromatic heterocycles. The van der Waals surface area contributed by atoms with Crippen molar-refractivity contribution in [3.63, 3.8) is 0 Å². The molecular weight excluding hydrogens is 601 g/mol. The zero-order valence-electron chi connectivity index (χ0n) is 30.0. The van der Waals surface area contributed by atoms with Crippen LogP contribution in [0.3, 0.4) is 0 Å². The monoisotopic (exact) mass is 644 g/mol. The summed E-state index contributed by atoms with van der Waals surface area (Å²) in [5.41, 5.74) is 12.8. The van der Waals surface area contributed by atoms with Gasteiger partial charge in [0, 0.05) is 0 Å². The lowest BCUT2D eigenvalue weighted by atomic mass is 9.75. The van der Waals surface area contributed by atoms with Crippen molar-refractivity contribution in [1.29, 1.82) is 0 Å². The van der Waals surface area contributed by atoms with E-state index in [1.165, 1.54) is 88.0 Å². The molecule has 50 heavy (non-hydrogen) atoms. The third kappa shape index (κ3) is 5.40. The first-order valence-electron chi connectivity index (χ1n) is 17.9. The van der Waals surface area contributed by atoms with Gasteiger partial charge in [0.25, 0.3) is 0 Å². The van der Waals surface area contributed by atoms with Crippen molar-refractivity contribution in [2.24, 2.45) is 0 Å². The average molecular weight is 645 g/mol. The molecule has 0 fully saturated rings. The Morgan fingerprint density at radius 1 is 0.320 bits per heavy atom. The molecule has 0 bridgehead atoms. The smallest absolute Gasteiger partial charge is 0.00140 e. The molecule has 0 saturated carbocycles. The summed E-state index contributed by atoms with van der Waals surface area (Å²) in [6.07, 6.45) is 0. The minimum absolute atomic E-state index is 0.0263. The molecule has 0 aliphatic heterocycles. The van der Waals surface area contributed by atoms with E-state index in [0.29, 0.717) is 0 Å². The lowest BCUT2D eigenvalue weighted by Crippen LogP contribution is -2.14. The predicted octanol–water partition coefficient (Wildman–Crippen LogP) is 14.4. The molecule has 0 saturated heterocycles. The predicted molar refractivity (Wildman–Crippen MR) is 218 cm³/mol. The van der Waals surface area contributed by atoms with Crippen molar-refractivity contribution in [3.05, 3.63) is 169 Å². The van der Waals surface area contributed by atoms with E-state index < -0.39 is 0 Å². The van der Waals surface area contributed by atoms with Crippen molar-refractivity contribution >= 4 is 32.3 Å². The molecular formula is C50H44. The van der Waals surface area contributed by atoms with E-state index in [4.69, 9.17) is 0 Å². The number of fused-ring (bicyclic) bond motifs is 3. The van der Waals surface area contributed by atoms with E-state index >= 15 is 0 Å². The number of rotatable bonds is 4. The summed E-state index contributed by atoms with van der Waals surface area (Å²) in [6, 6.07) is 58.7. The lowest BCUT2D eigenvalue weighted by Gasteiger charge is -2.29. The van der Waals surface area contributed by atoms with E-state index in [9.17, 15) is 0 Å². The second-order valence-electron chi connectivity index (χ2n) is 15.7. The first kappa shape index (κ1) is 31.8. The molecule has 8 aromatic carbocycles. The van der Waals surface area contributed by atoms with E-state index in [1.807, 2.05) is 0 Å². The third-order valence-electron chi connectivity index (χ3n) is 10.3. The van der Waals surface area contributed by atoms with Gasteiger partial charge in [-0.15, -0.1) is 0 Å². The molecule has 0 amide bonds. The quantitative estimate of drug-likeness (QED) is 0.167. The molecule has 0 radical (unpaired) electrons. The highest BCUT2D eigenvalue weighted by Crippen LogP contribution is 2.51. The Balaban J connectivity index is 1.66. The van der Waals surface area contributed by atoms with Gasteiger partial charge < -0.3 is 0 Å². The van der Waals surface area contributed by atoms with Crippen LogP contribution in [-0.2, 0) is 10.8 Å². The average Bonchev–Trinajstić information content (AvgIpc) is 3.12. The standard InChI is InChI=1S/C50H44/c1-49(2,3)43-27-17-15-25-38(43)39-30-29-36-32-41-42(31-35-23-13-14-24-37(35)45(41)33-19-9-7-10-20-33)46(34-21-11-8-12-22-34)47(36)48(39)40-26-16-18-28-44(40)50(4,5)6/h7-32H,1-6H3. The highest BCUT2D eigenvalue weighted by atomic mass is 14.3. The zero-order valence-corrected chi connectivity index (χ0v) is 30.0. The first-order valence-corrected chi connectivity index (χ1v) is 17.9. The van der Waals surface area contributed by atoms with E-state index in [1.54, 1.807) is 0 Å². The molecule has 0 heteroatoms. The van der Waals surface area contributed by atoms with Gasteiger partial charge in [-0.2, -0.15) is 0 Å². The van der Waals surface area contributed by atoms with Gasteiger partial charge >= 0.3 is 0 Å². The highest BCUT2D eigenvalue weighted by Gasteiger charge is 2.27. The minimum atomic E-state index is -0.0555. The number of hydrogen-bond acceptors (Lipinski definition) is 0. The van der Waals surface area contributed by atoms with Crippen LogP contribution in [0.1, 0.15) is 52.7 Å². The summed E-state index contributed by atoms with van der Waals surface area (Å²) in [7, 11) is 0. The second kappa shape index (κ2) is 12.1. The normalized spacial score (nSPS) is 12.2. The zero-order chi connectivity index (χ0) is 34.6. The van der Waals surface area contributed by atoms with Gasteiger partial charge in [0.05, 0.1) is 0 Å². The molecule has 0 atom stereocenters. The Labute approximate surface area is 297 Å². The van der Waals surface area contributed by atoms with Crippen LogP contribution in [0.2, 0.25) is 0 Å². The van der Waals surface area contributed by atoms with Crippen molar-refractivity contribution in [2.45, 2.75) is 52.4 Å². The number of benzene rings is 8. The molecule has 244 valence electrons. The van der Waals surface area contributed by atoms with E-state index in [2.05, 4.69) is 199 Å². The molecule has 8 rings (SSSR count). The maximum atomic E-state index is 2.47. The van der Waals surface area contributed by atoms with Crippen LogP contribution in [0.5, 0.6) is 0 Å². The largest absolute Gasteiger partial charge is 0.0622 e. The summed E-state index contributed by atoms with van der Waals surface area (Å²) in [6.45, 7) is 14.0. The van der Waals surface area contributed by atoms with E-state index in [-0.39, 0.29) is 10.8 Å². The van der Waals surface area contributed by atoms with Gasteiger partial charge in [-0.1, -0.05) is 187 Å². The maximum absolute atomic E-state index is 2.47. The Morgan fingerprint density at radius 2 is 0.800 bits per heavy atom. The topological polar surface area (TPSA) is 0 Å². The summed E-state index contributed by atoms with van der Waals surface area (Å²) in [4.78, 5) is 0. The van der Waals surface area contributed by atoms with Crippen LogP contribution in [0, 0.1) is 0 Å². The van der Waals surface area contributed by atoms with Crippen LogP contribution in [0.4, 0.5) is 0 Å². The lowest BCUT2D eigenvalue weighted by molar-refractivity contribution is 0.591. The summed E-state index contributed by atoms with van der Waals surface area (Å²) in [5.74, 6) is 0. The Kier molecular flexibility index (Phi) is 7.72. The van der Waals surface area contributed by atoms with Crippen LogP contribution < -0.4 is 0 Å². The third-order valence-corrected chi connectivity index (χ3v) is 10.3. The van der Waals surface area contributed by atoms with E-state index in [0.717, 1.165) is 0 Å². The molecule has 0 spiro atoms. The van der Waals surface area contributed by atoms with Crippen LogP contribution in [0.15, 0.2) is 158 Å². The molecule has 8 aromatic rings. The van der Waals surface area contributed by atoms with Crippen molar-refractivity contribution in [1.82, 2.24) is 0 Å². The SMILES string of the molecule is CC(C)(C)c1ccccc1-c1ccc2cc3c(-c4ccccc4)c4ccccc4cc3c(-c3ccccc3)c2c1-c1ccccc1C(C)(C)C. The van der Waals surface area contributed by atoms with Gasteiger partial charge in [0.1, 0.15) is 0 Å². The van der Waals surface area contributed by atoms with Crippen molar-refractivity contribution in [2.75, 3.05) is 0 Å². The van der Waals surface area contributed by atoms with Gasteiger partial charge in [-0.3, -0.25) is 0 Å². The molecule has 0 nitrogen and oxygen atoms in total. The van der Waals surface area contributed by atoms with Gasteiger partial charge in [0.2, 0.25) is 0 Å². The van der Waals surface area contributed by atoms with Gasteiger partial charge in [-0.25, -0.2) is 0 Å². The Hall–Kier alpha value is -5.46. The molecule has 0 aliphatic rings. The number of hydrogen-bond donors (Lipinski definition) is 0. The van der Waals surface area contributed by atoms with Crippen LogP contribution in [-0.4, -0.2) is 0 Å². The molecule has 0 unspecified atom stereocenters. The van der Waals surface area contributed by atoms with Gasteiger partial charge in [-0.05, 0) is 111 Å². The fraction of sp³-hybridized carbons (Fsp3) is 0.160. The Bertz CT molecular complexity index is 2520. The van der Waals surface area contributed by atoms with Crippen LogP contribution >= 0.6 is 0 Å². The minimum Gasteiger partial charge on any atom is -0.0622 e. The van der Waals surface area contributed by atoms with Crippen LogP contribution in [0.25, 0.3) is 76.8 Å². The molecule has 0 aliphatic carbocycles. The fourth-order valence-corrected chi connectivity index (χ4v) is 8.07. The summed E-state index contributed by atoms with van der Waals surface area (Å²) < 4.78 is 0. The Morgan fingerprint density at radius 3 is 1.44 bits per heavy atom. The highest BCUT2D eigenvalue weighted by molar-refractivity contribution is 6.25. The summed E-state index contributed by atoms with van der Waals surface area (Å²) >= 11 is 0. The van der Waals surface area contributed by atoms with Crippen molar-refractivity contribution in [3.8, 4) is 44.5 Å². The fourth-order valence-electron chi connectivity index (χ4n) is 8.07.